The Balaban J connectivity index is 2.11. The third kappa shape index (κ3) is 3.32. The monoisotopic (exact) mass is 268 g/mol. The molecule has 2 saturated heterocycles. The van der Waals surface area contributed by atoms with Crippen LogP contribution in [0, 0.1) is 5.92 Å². The molecular formula is C16H32N2O. The Morgan fingerprint density at radius 1 is 1.32 bits per heavy atom. The minimum atomic E-state index is 0.296. The number of rotatable bonds is 7. The van der Waals surface area contributed by atoms with Gasteiger partial charge in [0.25, 0.3) is 0 Å². The average molecular weight is 268 g/mol. The molecule has 2 fully saturated rings. The van der Waals surface area contributed by atoms with E-state index in [1.807, 2.05) is 0 Å². The van der Waals surface area contributed by atoms with Gasteiger partial charge in [0, 0.05) is 24.1 Å². The zero-order chi connectivity index (χ0) is 13.7. The van der Waals surface area contributed by atoms with Crippen molar-refractivity contribution in [3.8, 4) is 0 Å². The highest BCUT2D eigenvalue weighted by atomic mass is 16.5. The van der Waals surface area contributed by atoms with Gasteiger partial charge in [-0.1, -0.05) is 13.8 Å². The van der Waals surface area contributed by atoms with Crippen molar-refractivity contribution < 1.29 is 4.74 Å². The predicted molar refractivity (Wildman–Crippen MR) is 80.5 cm³/mol. The van der Waals surface area contributed by atoms with E-state index in [1.165, 1.54) is 45.2 Å². The van der Waals surface area contributed by atoms with Crippen LogP contribution in [0.1, 0.15) is 52.9 Å². The van der Waals surface area contributed by atoms with Crippen LogP contribution in [0.25, 0.3) is 0 Å². The third-order valence-corrected chi connectivity index (χ3v) is 5.26. The van der Waals surface area contributed by atoms with Crippen molar-refractivity contribution in [3.05, 3.63) is 0 Å². The molecule has 2 aliphatic rings. The number of likely N-dealkylation sites (tertiary alicyclic amines) is 1. The molecule has 2 aliphatic heterocycles. The van der Waals surface area contributed by atoms with Gasteiger partial charge in [0.2, 0.25) is 0 Å². The van der Waals surface area contributed by atoms with Crippen LogP contribution >= 0.6 is 0 Å². The van der Waals surface area contributed by atoms with Gasteiger partial charge in [-0.05, 0) is 58.7 Å². The second-order valence-corrected chi connectivity index (χ2v) is 6.46. The second-order valence-electron chi connectivity index (χ2n) is 6.46. The molecule has 1 N–H and O–H groups in total. The summed E-state index contributed by atoms with van der Waals surface area (Å²) < 4.78 is 5.66. The lowest BCUT2D eigenvalue weighted by Gasteiger charge is -2.47. The molecule has 0 spiro atoms. The second kappa shape index (κ2) is 7.05. The molecular weight excluding hydrogens is 236 g/mol. The molecule has 19 heavy (non-hydrogen) atoms. The highest BCUT2D eigenvalue weighted by Gasteiger charge is 2.43. The fourth-order valence-corrected chi connectivity index (χ4v) is 3.88. The summed E-state index contributed by atoms with van der Waals surface area (Å²) >= 11 is 0. The van der Waals surface area contributed by atoms with Gasteiger partial charge in [-0.15, -0.1) is 0 Å². The Kier molecular flexibility index (Phi) is 5.67. The third-order valence-electron chi connectivity index (χ3n) is 5.26. The van der Waals surface area contributed by atoms with Crippen LogP contribution < -0.4 is 5.32 Å². The van der Waals surface area contributed by atoms with Crippen molar-refractivity contribution in [1.82, 2.24) is 10.2 Å². The first kappa shape index (κ1) is 15.3. The maximum atomic E-state index is 5.66. The maximum Gasteiger partial charge on any atom is 0.0510 e. The van der Waals surface area contributed by atoms with Crippen LogP contribution in [0.4, 0.5) is 0 Å². The van der Waals surface area contributed by atoms with Crippen LogP contribution in [0.5, 0.6) is 0 Å². The average Bonchev–Trinajstić information content (AvgIpc) is 3.11. The van der Waals surface area contributed by atoms with Gasteiger partial charge in [0.1, 0.15) is 0 Å². The first-order chi connectivity index (χ1) is 9.22. The standard InChI is InChI=1S/C16H32N2O/c1-4-9-17-15(14-8-12-19-13-14)16(3,5-2)18-10-6-7-11-18/h14-15,17H,4-13H2,1-3H3. The molecule has 3 heteroatoms. The Hall–Kier alpha value is -0.120. The molecule has 112 valence electrons. The van der Waals surface area contributed by atoms with Crippen molar-refractivity contribution >= 4 is 0 Å². The van der Waals surface area contributed by atoms with E-state index < -0.39 is 0 Å². The Bertz CT molecular complexity index is 259. The van der Waals surface area contributed by atoms with Crippen LogP contribution in [-0.4, -0.2) is 49.3 Å². The van der Waals surface area contributed by atoms with Gasteiger partial charge in [-0.25, -0.2) is 0 Å². The fourth-order valence-electron chi connectivity index (χ4n) is 3.88. The van der Waals surface area contributed by atoms with Crippen molar-refractivity contribution in [3.63, 3.8) is 0 Å². The molecule has 0 amide bonds. The number of nitrogens with zero attached hydrogens (tertiary/aromatic N) is 1. The summed E-state index contributed by atoms with van der Waals surface area (Å²) in [5, 5.41) is 3.86. The summed E-state index contributed by atoms with van der Waals surface area (Å²) in [6.45, 7) is 12.7. The summed E-state index contributed by atoms with van der Waals surface area (Å²) in [6, 6.07) is 0.582. The molecule has 3 unspecified atom stereocenters. The Morgan fingerprint density at radius 2 is 2.05 bits per heavy atom. The molecule has 0 aromatic rings. The van der Waals surface area contributed by atoms with Crippen molar-refractivity contribution in [2.45, 2.75) is 64.5 Å². The molecule has 3 atom stereocenters. The van der Waals surface area contributed by atoms with Crippen LogP contribution in [0.15, 0.2) is 0 Å². The van der Waals surface area contributed by atoms with Gasteiger partial charge in [0.05, 0.1) is 6.61 Å². The van der Waals surface area contributed by atoms with E-state index in [9.17, 15) is 0 Å². The van der Waals surface area contributed by atoms with Gasteiger partial charge >= 0.3 is 0 Å². The van der Waals surface area contributed by atoms with E-state index in [2.05, 4.69) is 31.0 Å². The lowest BCUT2D eigenvalue weighted by Crippen LogP contribution is -2.61. The smallest absolute Gasteiger partial charge is 0.0510 e. The summed E-state index contributed by atoms with van der Waals surface area (Å²) in [5.74, 6) is 0.692. The van der Waals surface area contributed by atoms with E-state index in [1.54, 1.807) is 0 Å². The Morgan fingerprint density at radius 3 is 2.58 bits per heavy atom. The molecule has 0 aliphatic carbocycles. The minimum Gasteiger partial charge on any atom is -0.381 e. The maximum absolute atomic E-state index is 5.66. The molecule has 2 heterocycles. The molecule has 0 aromatic carbocycles. The first-order valence-corrected chi connectivity index (χ1v) is 8.28. The first-order valence-electron chi connectivity index (χ1n) is 8.28. The predicted octanol–water partition coefficient (Wildman–Crippen LogP) is 2.66. The Labute approximate surface area is 119 Å². The number of hydrogen-bond acceptors (Lipinski definition) is 3. The number of ether oxygens (including phenoxy) is 1. The highest BCUT2D eigenvalue weighted by molar-refractivity contribution is 5.01. The van der Waals surface area contributed by atoms with E-state index in [-0.39, 0.29) is 0 Å². The van der Waals surface area contributed by atoms with Crippen molar-refractivity contribution in [2.75, 3.05) is 32.8 Å². The minimum absolute atomic E-state index is 0.296. The van der Waals surface area contributed by atoms with Gasteiger partial charge in [-0.3, -0.25) is 4.90 Å². The van der Waals surface area contributed by atoms with Crippen molar-refractivity contribution in [1.29, 1.82) is 0 Å². The van der Waals surface area contributed by atoms with Crippen LogP contribution in [0.3, 0.4) is 0 Å². The highest BCUT2D eigenvalue weighted by Crippen LogP contribution is 2.34. The van der Waals surface area contributed by atoms with E-state index in [0.717, 1.165) is 19.8 Å². The van der Waals surface area contributed by atoms with E-state index in [0.29, 0.717) is 17.5 Å². The summed E-state index contributed by atoms with van der Waals surface area (Å²) in [7, 11) is 0. The van der Waals surface area contributed by atoms with Crippen molar-refractivity contribution in [2.24, 2.45) is 5.92 Å². The molecule has 2 rings (SSSR count). The van der Waals surface area contributed by atoms with Gasteiger partial charge in [0.15, 0.2) is 0 Å². The lowest BCUT2D eigenvalue weighted by atomic mass is 9.79. The topological polar surface area (TPSA) is 24.5 Å². The van der Waals surface area contributed by atoms with E-state index >= 15 is 0 Å². The molecule has 3 nitrogen and oxygen atoms in total. The molecule has 0 aromatic heterocycles. The summed E-state index contributed by atoms with van der Waals surface area (Å²) in [5.41, 5.74) is 0.296. The SMILES string of the molecule is CCCNC(C1CCOC1)C(C)(CC)N1CCCC1. The molecule has 0 bridgehead atoms. The van der Waals surface area contributed by atoms with Gasteiger partial charge < -0.3 is 10.1 Å². The largest absolute Gasteiger partial charge is 0.381 e. The zero-order valence-corrected chi connectivity index (χ0v) is 13.1. The quantitative estimate of drug-likeness (QED) is 0.768. The number of nitrogens with one attached hydrogen (secondary N) is 1. The van der Waals surface area contributed by atoms with E-state index in [4.69, 9.17) is 4.74 Å². The van der Waals surface area contributed by atoms with Gasteiger partial charge in [-0.2, -0.15) is 0 Å². The normalized spacial score (nSPS) is 29.5. The number of hydrogen-bond donors (Lipinski definition) is 1. The zero-order valence-electron chi connectivity index (χ0n) is 13.1. The molecule has 0 radical (unpaired) electrons. The van der Waals surface area contributed by atoms with Crippen LogP contribution in [0.2, 0.25) is 0 Å². The lowest BCUT2D eigenvalue weighted by molar-refractivity contribution is 0.0523. The summed E-state index contributed by atoms with van der Waals surface area (Å²) in [4.78, 5) is 2.73. The van der Waals surface area contributed by atoms with Crippen LogP contribution in [-0.2, 0) is 4.74 Å². The molecule has 0 saturated carbocycles. The summed E-state index contributed by atoms with van der Waals surface area (Å²) in [6.07, 6.45) is 6.41. The fraction of sp³-hybridized carbons (Fsp3) is 1.00.